The molecule has 2 saturated carbocycles. The maximum atomic E-state index is 14.4. The SMILES string of the molecule is Cc1cccc(C2CCC3(CC2)CN(C(=O)[C@H]2C[C@@](C)(O)C2)C3)c1F. The zero-order valence-electron chi connectivity index (χ0n) is 15.2. The van der Waals surface area contributed by atoms with Crippen LogP contribution in [-0.4, -0.2) is 34.6 Å². The van der Waals surface area contributed by atoms with Crippen LogP contribution in [0.25, 0.3) is 0 Å². The zero-order valence-corrected chi connectivity index (χ0v) is 15.2. The number of likely N-dealkylation sites (tertiary alicyclic amines) is 1. The number of hydrogen-bond donors (Lipinski definition) is 1. The normalized spacial score (nSPS) is 31.5. The molecule has 136 valence electrons. The number of hydrogen-bond acceptors (Lipinski definition) is 2. The van der Waals surface area contributed by atoms with Crippen molar-refractivity contribution in [3.8, 4) is 0 Å². The number of nitrogens with zero attached hydrogens (tertiary/aromatic N) is 1. The van der Waals surface area contributed by atoms with Gasteiger partial charge in [0.25, 0.3) is 0 Å². The fourth-order valence-electron chi connectivity index (χ4n) is 5.20. The van der Waals surface area contributed by atoms with E-state index in [1.54, 1.807) is 6.92 Å². The molecule has 3 nitrogen and oxygen atoms in total. The van der Waals surface area contributed by atoms with Crippen LogP contribution in [0.4, 0.5) is 4.39 Å². The minimum atomic E-state index is -0.640. The summed E-state index contributed by atoms with van der Waals surface area (Å²) in [6, 6.07) is 5.72. The summed E-state index contributed by atoms with van der Waals surface area (Å²) in [5, 5.41) is 9.83. The number of aliphatic hydroxyl groups is 1. The van der Waals surface area contributed by atoms with Crippen molar-refractivity contribution in [1.29, 1.82) is 0 Å². The molecule has 1 heterocycles. The third-order valence-electron chi connectivity index (χ3n) is 6.79. The third kappa shape index (κ3) is 2.99. The minimum absolute atomic E-state index is 0.0186. The van der Waals surface area contributed by atoms with Crippen LogP contribution < -0.4 is 0 Å². The molecule has 25 heavy (non-hydrogen) atoms. The summed E-state index contributed by atoms with van der Waals surface area (Å²) in [5.41, 5.74) is 1.23. The highest BCUT2D eigenvalue weighted by Crippen LogP contribution is 2.50. The van der Waals surface area contributed by atoms with E-state index in [0.717, 1.165) is 49.9 Å². The predicted octanol–water partition coefficient (Wildman–Crippen LogP) is 3.78. The lowest BCUT2D eigenvalue weighted by Gasteiger charge is -2.55. The molecule has 4 heteroatoms. The van der Waals surface area contributed by atoms with E-state index in [1.807, 2.05) is 30.0 Å². The van der Waals surface area contributed by atoms with Gasteiger partial charge in [0.05, 0.1) is 5.60 Å². The van der Waals surface area contributed by atoms with Gasteiger partial charge < -0.3 is 10.0 Å². The first kappa shape index (κ1) is 17.0. The number of aryl methyl sites for hydroxylation is 1. The van der Waals surface area contributed by atoms with Crippen LogP contribution in [0.3, 0.4) is 0 Å². The average molecular weight is 345 g/mol. The van der Waals surface area contributed by atoms with E-state index in [2.05, 4.69) is 0 Å². The Bertz CT molecular complexity index is 675. The van der Waals surface area contributed by atoms with Crippen molar-refractivity contribution in [1.82, 2.24) is 4.90 Å². The average Bonchev–Trinajstić information content (AvgIpc) is 2.52. The number of benzene rings is 1. The number of amides is 1. The highest BCUT2D eigenvalue weighted by Gasteiger charge is 2.51. The molecular weight excluding hydrogens is 317 g/mol. The van der Waals surface area contributed by atoms with Gasteiger partial charge in [0.15, 0.2) is 0 Å². The molecule has 1 amide bonds. The van der Waals surface area contributed by atoms with E-state index >= 15 is 0 Å². The Morgan fingerprint density at radius 3 is 2.48 bits per heavy atom. The van der Waals surface area contributed by atoms with Crippen LogP contribution in [0.5, 0.6) is 0 Å². The molecule has 1 aliphatic heterocycles. The predicted molar refractivity (Wildman–Crippen MR) is 94.7 cm³/mol. The number of carbonyl (C=O) groups is 1. The summed E-state index contributed by atoms with van der Waals surface area (Å²) in [6.45, 7) is 5.34. The Morgan fingerprint density at radius 2 is 1.88 bits per heavy atom. The quantitative estimate of drug-likeness (QED) is 0.886. The molecule has 0 aromatic heterocycles. The Balaban J connectivity index is 1.31. The summed E-state index contributed by atoms with van der Waals surface area (Å²) >= 11 is 0. The van der Waals surface area contributed by atoms with Gasteiger partial charge in [-0.3, -0.25) is 4.79 Å². The molecule has 1 saturated heterocycles. The zero-order chi connectivity index (χ0) is 17.8. The number of halogens is 1. The Morgan fingerprint density at radius 1 is 1.24 bits per heavy atom. The summed E-state index contributed by atoms with van der Waals surface area (Å²) < 4.78 is 14.4. The largest absolute Gasteiger partial charge is 0.390 e. The van der Waals surface area contributed by atoms with Gasteiger partial charge in [-0.2, -0.15) is 0 Å². The van der Waals surface area contributed by atoms with Crippen molar-refractivity contribution >= 4 is 5.91 Å². The number of rotatable bonds is 2. The summed E-state index contributed by atoms with van der Waals surface area (Å²) in [5.74, 6) is 0.525. The van der Waals surface area contributed by atoms with Gasteiger partial charge in [0.2, 0.25) is 5.91 Å². The van der Waals surface area contributed by atoms with E-state index in [-0.39, 0.29) is 23.1 Å². The van der Waals surface area contributed by atoms with Crippen molar-refractivity contribution in [3.05, 3.63) is 35.1 Å². The lowest BCUT2D eigenvalue weighted by molar-refractivity contribution is -0.163. The molecule has 4 rings (SSSR count). The summed E-state index contributed by atoms with van der Waals surface area (Å²) in [4.78, 5) is 14.4. The monoisotopic (exact) mass is 345 g/mol. The second kappa shape index (κ2) is 5.80. The molecule has 0 unspecified atom stereocenters. The van der Waals surface area contributed by atoms with Crippen molar-refractivity contribution in [2.24, 2.45) is 11.3 Å². The highest BCUT2D eigenvalue weighted by atomic mass is 19.1. The van der Waals surface area contributed by atoms with Crippen molar-refractivity contribution in [2.45, 2.75) is 63.9 Å². The molecule has 2 aliphatic carbocycles. The smallest absolute Gasteiger partial charge is 0.225 e. The van der Waals surface area contributed by atoms with E-state index in [9.17, 15) is 14.3 Å². The molecule has 3 aliphatic rings. The summed E-state index contributed by atoms with van der Waals surface area (Å²) in [6.07, 6.45) is 5.39. The second-order valence-electron chi connectivity index (χ2n) is 9.05. The number of carbonyl (C=O) groups excluding carboxylic acids is 1. The molecule has 1 spiro atoms. The van der Waals surface area contributed by atoms with Gasteiger partial charge in [-0.05, 0) is 69.4 Å². The topological polar surface area (TPSA) is 40.5 Å². The fraction of sp³-hybridized carbons (Fsp3) is 0.667. The van der Waals surface area contributed by atoms with Gasteiger partial charge in [0.1, 0.15) is 5.82 Å². The van der Waals surface area contributed by atoms with Crippen LogP contribution in [0, 0.1) is 24.1 Å². The molecule has 1 aromatic rings. The maximum Gasteiger partial charge on any atom is 0.225 e. The van der Waals surface area contributed by atoms with Crippen molar-refractivity contribution in [3.63, 3.8) is 0 Å². The molecule has 0 atom stereocenters. The third-order valence-corrected chi connectivity index (χ3v) is 6.79. The van der Waals surface area contributed by atoms with E-state index in [0.29, 0.717) is 18.8 Å². The molecular formula is C21H28FNO2. The fourth-order valence-corrected chi connectivity index (χ4v) is 5.20. The van der Waals surface area contributed by atoms with Gasteiger partial charge in [0, 0.05) is 24.4 Å². The molecule has 1 aromatic carbocycles. The van der Waals surface area contributed by atoms with Crippen LogP contribution in [0.1, 0.15) is 62.5 Å². The first-order chi connectivity index (χ1) is 11.8. The van der Waals surface area contributed by atoms with E-state index in [1.165, 1.54) is 0 Å². The van der Waals surface area contributed by atoms with E-state index in [4.69, 9.17) is 0 Å². The standard InChI is InChI=1S/C21H28FNO2/c1-14-4-3-5-17(18(14)22)15-6-8-21(9-7-15)12-23(13-21)19(24)16-10-20(2,25)11-16/h3-5,15-16,25H,6-13H2,1-2H3/t16-,20+. The first-order valence-corrected chi connectivity index (χ1v) is 9.55. The van der Waals surface area contributed by atoms with Gasteiger partial charge in [-0.15, -0.1) is 0 Å². The molecule has 0 bridgehead atoms. The first-order valence-electron chi connectivity index (χ1n) is 9.55. The van der Waals surface area contributed by atoms with Gasteiger partial charge in [-0.1, -0.05) is 18.2 Å². The van der Waals surface area contributed by atoms with Gasteiger partial charge in [-0.25, -0.2) is 4.39 Å². The Kier molecular flexibility index (Phi) is 3.95. The lowest BCUT2D eigenvalue weighted by Crippen LogP contribution is -2.62. The van der Waals surface area contributed by atoms with Crippen molar-refractivity contribution in [2.75, 3.05) is 13.1 Å². The Hall–Kier alpha value is -1.42. The van der Waals surface area contributed by atoms with Crippen LogP contribution in [-0.2, 0) is 4.79 Å². The van der Waals surface area contributed by atoms with E-state index < -0.39 is 5.60 Å². The second-order valence-corrected chi connectivity index (χ2v) is 9.05. The van der Waals surface area contributed by atoms with Gasteiger partial charge >= 0.3 is 0 Å². The van der Waals surface area contributed by atoms with Crippen molar-refractivity contribution < 1.29 is 14.3 Å². The summed E-state index contributed by atoms with van der Waals surface area (Å²) in [7, 11) is 0. The van der Waals surface area contributed by atoms with Crippen LogP contribution >= 0.6 is 0 Å². The minimum Gasteiger partial charge on any atom is -0.390 e. The Labute approximate surface area is 149 Å². The lowest BCUT2D eigenvalue weighted by atomic mass is 9.63. The molecule has 3 fully saturated rings. The highest BCUT2D eigenvalue weighted by molar-refractivity contribution is 5.81. The molecule has 1 N–H and O–H groups in total. The maximum absolute atomic E-state index is 14.4. The van der Waals surface area contributed by atoms with Crippen LogP contribution in [0.2, 0.25) is 0 Å². The molecule has 0 radical (unpaired) electrons. The van der Waals surface area contributed by atoms with Crippen LogP contribution in [0.15, 0.2) is 18.2 Å².